The lowest BCUT2D eigenvalue weighted by Gasteiger charge is -2.07. The number of rotatable bonds is 5. The smallest absolute Gasteiger partial charge is 0.407 e. The van der Waals surface area contributed by atoms with E-state index in [0.29, 0.717) is 15.1 Å². The Morgan fingerprint density at radius 2 is 2.00 bits per heavy atom. The van der Waals surface area contributed by atoms with E-state index in [1.807, 2.05) is 30.3 Å². The first kappa shape index (κ1) is 14.0. The molecule has 16 heavy (non-hydrogen) atoms. The average Bonchev–Trinajstić information content (AvgIpc) is 2.27. The molecule has 1 aromatic carbocycles. The number of halogens is 2. The molecule has 0 atom stereocenters. The summed E-state index contributed by atoms with van der Waals surface area (Å²) in [5, 5.41) is 2.71. The third-order valence-corrected chi connectivity index (χ3v) is 3.09. The molecule has 3 nitrogen and oxygen atoms in total. The Labute approximate surface area is 123 Å². The molecule has 0 aliphatic heterocycles. The molecule has 0 bridgehead atoms. The minimum absolute atomic E-state index is 0.324. The van der Waals surface area contributed by atoms with Crippen LogP contribution in [0.4, 0.5) is 4.79 Å². The van der Waals surface area contributed by atoms with Gasteiger partial charge in [0.25, 0.3) is 0 Å². The van der Waals surface area contributed by atoms with Crippen molar-refractivity contribution < 1.29 is 9.53 Å². The molecule has 0 unspecified atom stereocenters. The second-order valence-corrected chi connectivity index (χ2v) is 8.56. The summed E-state index contributed by atoms with van der Waals surface area (Å²) in [6.45, 7) is 0.981. The van der Waals surface area contributed by atoms with Crippen molar-refractivity contribution in [2.75, 3.05) is 6.54 Å². The van der Waals surface area contributed by atoms with Gasteiger partial charge < -0.3 is 10.1 Å². The van der Waals surface area contributed by atoms with Gasteiger partial charge in [-0.1, -0.05) is 75.5 Å². The highest BCUT2D eigenvalue weighted by molar-refractivity contribution is 14.2. The zero-order valence-electron chi connectivity index (χ0n) is 8.66. The maximum Gasteiger partial charge on any atom is 0.407 e. The number of carbonyl (C=O) groups excluding carboxylic acids is 1. The van der Waals surface area contributed by atoms with Crippen molar-refractivity contribution in [2.24, 2.45) is 0 Å². The highest BCUT2D eigenvalue weighted by Crippen LogP contribution is 2.12. The number of ether oxygens (including phenoxy) is 1. The molecule has 0 aliphatic carbocycles. The van der Waals surface area contributed by atoms with Gasteiger partial charge in [0.1, 0.15) is 6.61 Å². The number of benzene rings is 1. The van der Waals surface area contributed by atoms with Crippen molar-refractivity contribution in [1.82, 2.24) is 5.32 Å². The summed E-state index contributed by atoms with van der Waals surface area (Å²) >= 11 is 4.63. The molecule has 1 N–H and O–H groups in total. The Hall–Kier alpha value is -0.0500. The molecule has 0 heterocycles. The first-order valence-corrected chi connectivity index (χ1v) is 7.40. The first-order valence-electron chi connectivity index (χ1n) is 4.91. The van der Waals surface area contributed by atoms with Crippen LogP contribution in [0.3, 0.4) is 0 Å². The van der Waals surface area contributed by atoms with E-state index in [1.165, 1.54) is 0 Å². The average molecular weight is 445 g/mol. The van der Waals surface area contributed by atoms with E-state index in [2.05, 4.69) is 50.5 Å². The molecular formula is C11H13I2NO2. The molecule has 1 rings (SSSR count). The first-order chi connectivity index (χ1) is 7.68. The summed E-state index contributed by atoms with van der Waals surface area (Å²) in [5.74, 6) is 0. The predicted octanol–water partition coefficient (Wildman–Crippen LogP) is 3.50. The maximum atomic E-state index is 11.3. The minimum Gasteiger partial charge on any atom is -0.445 e. The predicted molar refractivity (Wildman–Crippen MR) is 81.1 cm³/mol. The SMILES string of the molecule is O=C(NCCC(I)I)OCc1ccccc1. The number of nitrogens with one attached hydrogen (secondary N) is 1. The third-order valence-electron chi connectivity index (χ3n) is 1.84. The molecule has 0 saturated heterocycles. The van der Waals surface area contributed by atoms with E-state index in [9.17, 15) is 4.79 Å². The Kier molecular flexibility index (Phi) is 7.10. The van der Waals surface area contributed by atoms with Gasteiger partial charge in [0.15, 0.2) is 0 Å². The van der Waals surface area contributed by atoms with Gasteiger partial charge in [0.2, 0.25) is 0 Å². The number of amides is 1. The van der Waals surface area contributed by atoms with Gasteiger partial charge in [-0.25, -0.2) is 4.79 Å². The van der Waals surface area contributed by atoms with Crippen LogP contribution >= 0.6 is 45.2 Å². The normalized spacial score (nSPS) is 10.2. The summed E-state index contributed by atoms with van der Waals surface area (Å²) < 4.78 is 5.59. The van der Waals surface area contributed by atoms with Crippen LogP contribution in [0.2, 0.25) is 0 Å². The van der Waals surface area contributed by atoms with Gasteiger partial charge in [-0.3, -0.25) is 0 Å². The Bertz CT molecular complexity index is 317. The van der Waals surface area contributed by atoms with Crippen LogP contribution in [0.5, 0.6) is 0 Å². The van der Waals surface area contributed by atoms with Gasteiger partial charge in [-0.05, 0) is 12.0 Å². The van der Waals surface area contributed by atoms with Gasteiger partial charge in [0.05, 0.1) is 1.93 Å². The highest BCUT2D eigenvalue weighted by atomic mass is 127. The van der Waals surface area contributed by atoms with Crippen LogP contribution < -0.4 is 5.32 Å². The highest BCUT2D eigenvalue weighted by Gasteiger charge is 2.03. The standard InChI is InChI=1S/C11H13I2NO2/c12-10(13)6-7-14-11(15)16-8-9-4-2-1-3-5-9/h1-5,10H,6-8H2,(H,14,15). The Morgan fingerprint density at radius 1 is 1.31 bits per heavy atom. The molecule has 1 amide bonds. The molecular weight excluding hydrogens is 432 g/mol. The molecule has 1 aromatic rings. The molecule has 88 valence electrons. The van der Waals surface area contributed by atoms with E-state index in [0.717, 1.165) is 12.0 Å². The van der Waals surface area contributed by atoms with E-state index in [1.54, 1.807) is 0 Å². The van der Waals surface area contributed by atoms with Gasteiger partial charge >= 0.3 is 6.09 Å². The summed E-state index contributed by atoms with van der Waals surface area (Å²) in [6.07, 6.45) is 0.596. The second kappa shape index (κ2) is 8.10. The van der Waals surface area contributed by atoms with Gasteiger partial charge in [0, 0.05) is 6.54 Å². The summed E-state index contributed by atoms with van der Waals surface area (Å²) in [7, 11) is 0. The lowest BCUT2D eigenvalue weighted by atomic mass is 10.2. The lowest BCUT2D eigenvalue weighted by Crippen LogP contribution is -2.25. The number of alkyl carbamates (subject to hydrolysis) is 1. The van der Waals surface area contributed by atoms with Gasteiger partial charge in [-0.15, -0.1) is 0 Å². The van der Waals surface area contributed by atoms with Crippen molar-refractivity contribution in [1.29, 1.82) is 0 Å². The number of carbonyl (C=O) groups is 1. The Morgan fingerprint density at radius 3 is 2.62 bits per heavy atom. The largest absolute Gasteiger partial charge is 0.445 e. The molecule has 0 aromatic heterocycles. The van der Waals surface area contributed by atoms with Crippen molar-refractivity contribution in [3.05, 3.63) is 35.9 Å². The van der Waals surface area contributed by atoms with Crippen LogP contribution in [0.25, 0.3) is 0 Å². The van der Waals surface area contributed by atoms with E-state index >= 15 is 0 Å². The number of hydrogen-bond donors (Lipinski definition) is 1. The van der Waals surface area contributed by atoms with Gasteiger partial charge in [-0.2, -0.15) is 0 Å². The maximum absolute atomic E-state index is 11.3. The van der Waals surface area contributed by atoms with Crippen LogP contribution in [-0.4, -0.2) is 14.6 Å². The van der Waals surface area contributed by atoms with E-state index in [-0.39, 0.29) is 6.09 Å². The van der Waals surface area contributed by atoms with Crippen molar-refractivity contribution in [3.63, 3.8) is 0 Å². The monoisotopic (exact) mass is 445 g/mol. The van der Waals surface area contributed by atoms with Crippen molar-refractivity contribution >= 4 is 51.3 Å². The van der Waals surface area contributed by atoms with Crippen LogP contribution in [0.1, 0.15) is 12.0 Å². The number of hydrogen-bond acceptors (Lipinski definition) is 2. The fourth-order valence-electron chi connectivity index (χ4n) is 1.06. The van der Waals surface area contributed by atoms with Crippen LogP contribution in [0.15, 0.2) is 30.3 Å². The summed E-state index contributed by atoms with van der Waals surface area (Å²) in [5.41, 5.74) is 0.998. The molecule has 0 aliphatic rings. The van der Waals surface area contributed by atoms with Crippen LogP contribution in [-0.2, 0) is 11.3 Å². The zero-order valence-corrected chi connectivity index (χ0v) is 13.0. The van der Waals surface area contributed by atoms with Crippen molar-refractivity contribution in [2.45, 2.75) is 15.0 Å². The zero-order chi connectivity index (χ0) is 11.8. The second-order valence-electron chi connectivity index (χ2n) is 3.17. The quantitative estimate of drug-likeness (QED) is 0.557. The lowest BCUT2D eigenvalue weighted by molar-refractivity contribution is 0.139. The van der Waals surface area contributed by atoms with Crippen molar-refractivity contribution in [3.8, 4) is 0 Å². The molecule has 0 radical (unpaired) electrons. The summed E-state index contributed by atoms with van der Waals surface area (Å²) in [4.78, 5) is 11.3. The summed E-state index contributed by atoms with van der Waals surface area (Å²) in [6, 6.07) is 9.64. The fraction of sp³-hybridized carbons (Fsp3) is 0.364. The topological polar surface area (TPSA) is 38.3 Å². The molecule has 5 heteroatoms. The van der Waals surface area contributed by atoms with E-state index in [4.69, 9.17) is 4.74 Å². The minimum atomic E-state index is -0.350. The molecule has 0 spiro atoms. The number of alkyl halides is 2. The fourth-order valence-corrected chi connectivity index (χ4v) is 1.68. The molecule has 0 saturated carbocycles. The Balaban J connectivity index is 2.16. The third kappa shape index (κ3) is 6.51. The van der Waals surface area contributed by atoms with E-state index < -0.39 is 0 Å². The van der Waals surface area contributed by atoms with Crippen LogP contribution in [0, 0.1) is 0 Å². The molecule has 0 fully saturated rings.